The van der Waals surface area contributed by atoms with Crippen molar-refractivity contribution in [2.24, 2.45) is 0 Å². The van der Waals surface area contributed by atoms with Crippen LogP contribution in [-0.2, 0) is 16.4 Å². The molecule has 0 amide bonds. The molecule has 0 aliphatic carbocycles. The molecule has 1 aromatic heterocycles. The van der Waals surface area contributed by atoms with Crippen molar-refractivity contribution in [2.45, 2.75) is 18.2 Å². The summed E-state index contributed by atoms with van der Waals surface area (Å²) in [6.07, 6.45) is 0.398. The molecule has 2 aromatic carbocycles. The predicted molar refractivity (Wildman–Crippen MR) is 112 cm³/mol. The highest BCUT2D eigenvalue weighted by Crippen LogP contribution is 2.30. The van der Waals surface area contributed by atoms with E-state index >= 15 is 0 Å². The molecule has 0 radical (unpaired) electrons. The van der Waals surface area contributed by atoms with E-state index in [2.05, 4.69) is 14.7 Å². The Hall–Kier alpha value is -3.37. The SMILES string of the molecule is CCc1c(Cl)nc(NS(=O)(=O)c2cccc(N)c2)nc1Oc1cccc(C(=O)O)c1. The minimum absolute atomic E-state index is 0.00200. The van der Waals surface area contributed by atoms with E-state index in [1.807, 2.05) is 0 Å². The number of ether oxygens (including phenoxy) is 1. The number of nitrogens with zero attached hydrogens (tertiary/aromatic N) is 2. The smallest absolute Gasteiger partial charge is 0.335 e. The van der Waals surface area contributed by atoms with E-state index in [0.29, 0.717) is 12.0 Å². The summed E-state index contributed by atoms with van der Waals surface area (Å²) in [6, 6.07) is 11.5. The summed E-state index contributed by atoms with van der Waals surface area (Å²) < 4.78 is 33.2. The third-order valence-corrected chi connectivity index (χ3v) is 5.60. The van der Waals surface area contributed by atoms with Crippen LogP contribution in [0.1, 0.15) is 22.8 Å². The summed E-state index contributed by atoms with van der Waals surface area (Å²) in [5, 5.41) is 9.13. The van der Waals surface area contributed by atoms with Crippen LogP contribution in [0, 0.1) is 0 Å². The van der Waals surface area contributed by atoms with Gasteiger partial charge in [-0.2, -0.15) is 9.97 Å². The van der Waals surface area contributed by atoms with Gasteiger partial charge in [0.15, 0.2) is 0 Å². The van der Waals surface area contributed by atoms with Crippen LogP contribution in [0.4, 0.5) is 11.6 Å². The zero-order valence-corrected chi connectivity index (χ0v) is 17.2. The number of nitrogen functional groups attached to an aromatic ring is 1. The maximum Gasteiger partial charge on any atom is 0.335 e. The summed E-state index contributed by atoms with van der Waals surface area (Å²) in [7, 11) is -4.03. The monoisotopic (exact) mass is 448 g/mol. The molecule has 0 aliphatic heterocycles. The molecule has 0 saturated heterocycles. The molecule has 30 heavy (non-hydrogen) atoms. The van der Waals surface area contributed by atoms with Crippen LogP contribution in [0.25, 0.3) is 0 Å². The van der Waals surface area contributed by atoms with Crippen LogP contribution in [0.3, 0.4) is 0 Å². The van der Waals surface area contributed by atoms with Gasteiger partial charge < -0.3 is 15.6 Å². The fraction of sp³-hybridized carbons (Fsp3) is 0.105. The van der Waals surface area contributed by atoms with Gasteiger partial charge in [0.2, 0.25) is 11.8 Å². The first-order valence-electron chi connectivity index (χ1n) is 8.65. The van der Waals surface area contributed by atoms with Crippen LogP contribution < -0.4 is 15.2 Å². The third kappa shape index (κ3) is 4.78. The molecule has 0 spiro atoms. The van der Waals surface area contributed by atoms with Crippen LogP contribution >= 0.6 is 11.6 Å². The van der Waals surface area contributed by atoms with E-state index in [1.165, 1.54) is 36.4 Å². The molecule has 0 unspecified atom stereocenters. The number of aromatic nitrogens is 2. The Morgan fingerprint density at radius 1 is 1.20 bits per heavy atom. The number of nitrogens with two attached hydrogens (primary N) is 1. The van der Waals surface area contributed by atoms with Crippen molar-refractivity contribution in [3.05, 3.63) is 64.8 Å². The first kappa shape index (κ1) is 21.3. The first-order chi connectivity index (χ1) is 14.2. The summed E-state index contributed by atoms with van der Waals surface area (Å²) >= 11 is 6.20. The largest absolute Gasteiger partial charge is 0.478 e. The van der Waals surface area contributed by atoms with Crippen LogP contribution in [0.15, 0.2) is 53.4 Å². The molecular weight excluding hydrogens is 432 g/mol. The standard InChI is InChI=1S/C19H17ClN4O5S/c1-2-15-16(20)22-19(24-30(27,28)14-8-4-6-12(21)10-14)23-17(15)29-13-7-3-5-11(9-13)18(25)26/h3-10H,2,21H2,1H3,(H,25,26)(H,22,23,24). The molecule has 3 rings (SSSR count). The average molecular weight is 449 g/mol. The topological polar surface area (TPSA) is 144 Å². The number of sulfonamides is 1. The molecule has 0 bridgehead atoms. The number of benzene rings is 2. The summed E-state index contributed by atoms with van der Waals surface area (Å²) in [4.78, 5) is 19.2. The van der Waals surface area contributed by atoms with E-state index in [1.54, 1.807) is 19.1 Å². The lowest BCUT2D eigenvalue weighted by Crippen LogP contribution is -2.16. The maximum absolute atomic E-state index is 12.6. The van der Waals surface area contributed by atoms with Crippen molar-refractivity contribution in [1.82, 2.24) is 9.97 Å². The predicted octanol–water partition coefficient (Wildman–Crippen LogP) is 3.57. The molecule has 1 heterocycles. The normalized spacial score (nSPS) is 11.1. The summed E-state index contributed by atoms with van der Waals surface area (Å²) in [6.45, 7) is 1.79. The summed E-state index contributed by atoms with van der Waals surface area (Å²) in [5.74, 6) is -1.22. The van der Waals surface area contributed by atoms with Crippen LogP contribution in [-0.4, -0.2) is 29.5 Å². The van der Waals surface area contributed by atoms with Gasteiger partial charge >= 0.3 is 5.97 Å². The summed E-state index contributed by atoms with van der Waals surface area (Å²) in [5.41, 5.74) is 6.38. The molecule has 156 valence electrons. The van der Waals surface area contributed by atoms with E-state index in [-0.39, 0.29) is 38.9 Å². The number of hydrogen-bond acceptors (Lipinski definition) is 7. The first-order valence-corrected chi connectivity index (χ1v) is 10.5. The van der Waals surface area contributed by atoms with Crippen molar-refractivity contribution in [2.75, 3.05) is 10.5 Å². The number of carboxylic acid groups (broad SMARTS) is 1. The molecule has 0 fully saturated rings. The molecule has 0 saturated carbocycles. The minimum Gasteiger partial charge on any atom is -0.478 e. The Kier molecular flexibility index (Phi) is 6.09. The van der Waals surface area contributed by atoms with Crippen LogP contribution in [0.5, 0.6) is 11.6 Å². The number of anilines is 2. The molecule has 11 heteroatoms. The number of hydrogen-bond donors (Lipinski definition) is 3. The Morgan fingerprint density at radius 2 is 1.93 bits per heavy atom. The van der Waals surface area contributed by atoms with Gasteiger partial charge in [0.25, 0.3) is 10.0 Å². The van der Waals surface area contributed by atoms with Gasteiger partial charge in [0, 0.05) is 5.69 Å². The molecule has 4 N–H and O–H groups in total. The molecule has 0 atom stereocenters. The lowest BCUT2D eigenvalue weighted by Gasteiger charge is -2.13. The van der Waals surface area contributed by atoms with Gasteiger partial charge in [-0.15, -0.1) is 0 Å². The number of carboxylic acids is 1. The maximum atomic E-state index is 12.6. The average Bonchev–Trinajstić information content (AvgIpc) is 2.68. The Bertz CT molecular complexity index is 1220. The third-order valence-electron chi connectivity index (χ3n) is 3.96. The van der Waals surface area contributed by atoms with E-state index in [4.69, 9.17) is 27.2 Å². The highest BCUT2D eigenvalue weighted by atomic mass is 35.5. The number of nitrogens with one attached hydrogen (secondary N) is 1. The highest BCUT2D eigenvalue weighted by molar-refractivity contribution is 7.92. The van der Waals surface area contributed by atoms with Gasteiger partial charge in [0.05, 0.1) is 16.0 Å². The second-order valence-corrected chi connectivity index (χ2v) is 8.13. The van der Waals surface area contributed by atoms with Gasteiger partial charge in [-0.25, -0.2) is 17.9 Å². The Balaban J connectivity index is 1.97. The fourth-order valence-corrected chi connectivity index (χ4v) is 3.82. The van der Waals surface area contributed by atoms with E-state index in [9.17, 15) is 13.2 Å². The second kappa shape index (κ2) is 8.56. The van der Waals surface area contributed by atoms with Crippen molar-refractivity contribution in [3.63, 3.8) is 0 Å². The quantitative estimate of drug-likeness (QED) is 0.367. The van der Waals surface area contributed by atoms with Crippen molar-refractivity contribution in [1.29, 1.82) is 0 Å². The van der Waals surface area contributed by atoms with Gasteiger partial charge in [-0.05, 0) is 42.8 Å². The van der Waals surface area contributed by atoms with E-state index in [0.717, 1.165) is 0 Å². The number of aromatic carboxylic acids is 1. The second-order valence-electron chi connectivity index (χ2n) is 6.09. The lowest BCUT2D eigenvalue weighted by atomic mass is 10.2. The van der Waals surface area contributed by atoms with Crippen LogP contribution in [0.2, 0.25) is 5.15 Å². The zero-order valence-electron chi connectivity index (χ0n) is 15.7. The highest BCUT2D eigenvalue weighted by Gasteiger charge is 2.20. The molecule has 9 nitrogen and oxygen atoms in total. The number of halogens is 1. The number of rotatable bonds is 7. The minimum atomic E-state index is -4.03. The Labute approximate surface area is 177 Å². The lowest BCUT2D eigenvalue weighted by molar-refractivity contribution is 0.0696. The van der Waals surface area contributed by atoms with Gasteiger partial charge in [-0.3, -0.25) is 0 Å². The molecule has 3 aromatic rings. The fourth-order valence-electron chi connectivity index (χ4n) is 2.53. The van der Waals surface area contributed by atoms with Crippen molar-refractivity contribution < 1.29 is 23.1 Å². The van der Waals surface area contributed by atoms with Gasteiger partial charge in [0.1, 0.15) is 10.9 Å². The Morgan fingerprint density at radius 3 is 2.60 bits per heavy atom. The van der Waals surface area contributed by atoms with E-state index < -0.39 is 16.0 Å². The van der Waals surface area contributed by atoms with Crippen molar-refractivity contribution >= 4 is 39.2 Å². The molecular formula is C19H17ClN4O5S. The zero-order chi connectivity index (χ0) is 21.9. The van der Waals surface area contributed by atoms with Crippen molar-refractivity contribution in [3.8, 4) is 11.6 Å². The van der Waals surface area contributed by atoms with Gasteiger partial charge in [-0.1, -0.05) is 30.7 Å². The molecule has 0 aliphatic rings. The number of carbonyl (C=O) groups is 1.